The van der Waals surface area contributed by atoms with E-state index < -0.39 is 31.5 Å². The van der Waals surface area contributed by atoms with Crippen molar-refractivity contribution in [2.45, 2.75) is 44.0 Å². The van der Waals surface area contributed by atoms with Crippen molar-refractivity contribution in [1.82, 2.24) is 4.90 Å². The number of hydrogen-bond donors (Lipinski definition) is 1. The number of sulfonamides is 1. The minimum Gasteiger partial charge on any atom is -0.469 e. The number of nitrogens with one attached hydrogen (secondary N) is 1. The fourth-order valence-corrected chi connectivity index (χ4v) is 7.56. The molecule has 2 aliphatic carbocycles. The minimum atomic E-state index is -3.84. The van der Waals surface area contributed by atoms with Gasteiger partial charge in [0.1, 0.15) is 0 Å². The normalized spacial score (nSPS) is 25.5. The third kappa shape index (κ3) is 5.90. The standard InChI is InChI=1S/C25H33N3O7S2/c1-15(2)9-10-28(24-17-6-5-16(11-17)23(24)25(30)35-3)22(29)13-19-14-37(33,34)21-12-18(27-36(4,31)32)7-8-20(21)26-19/h5-8,12,15-17,23-24,27H,9-11,13-14H2,1-4H3. The Balaban J connectivity index is 1.62. The molecule has 4 unspecified atom stereocenters. The molecular weight excluding hydrogens is 518 g/mol. The second kappa shape index (κ2) is 10.2. The maximum absolute atomic E-state index is 13.7. The molecule has 2 bridgehead atoms. The van der Waals surface area contributed by atoms with Gasteiger partial charge in [-0.15, -0.1) is 0 Å². The predicted octanol–water partition coefficient (Wildman–Crippen LogP) is 2.55. The van der Waals surface area contributed by atoms with E-state index in [9.17, 15) is 26.4 Å². The van der Waals surface area contributed by atoms with E-state index in [2.05, 4.69) is 29.6 Å². The molecule has 0 saturated heterocycles. The molecule has 202 valence electrons. The van der Waals surface area contributed by atoms with Crippen LogP contribution in [0.3, 0.4) is 0 Å². The Morgan fingerprint density at radius 2 is 1.92 bits per heavy atom. The minimum absolute atomic E-state index is 0.0193. The summed E-state index contributed by atoms with van der Waals surface area (Å²) in [5, 5.41) is 0. The Morgan fingerprint density at radius 1 is 1.22 bits per heavy atom. The van der Waals surface area contributed by atoms with Crippen molar-refractivity contribution in [3.05, 3.63) is 30.4 Å². The number of allylic oxidation sites excluding steroid dienone is 1. The second-order valence-electron chi connectivity index (χ2n) is 10.4. The van der Waals surface area contributed by atoms with Crippen LogP contribution in [-0.2, 0) is 34.2 Å². The van der Waals surface area contributed by atoms with Crippen LogP contribution in [0, 0.1) is 23.7 Å². The monoisotopic (exact) mass is 551 g/mol. The largest absolute Gasteiger partial charge is 0.469 e. The first-order valence-electron chi connectivity index (χ1n) is 12.3. The van der Waals surface area contributed by atoms with Crippen molar-refractivity contribution < 1.29 is 31.2 Å². The lowest BCUT2D eigenvalue weighted by Crippen LogP contribution is -2.50. The molecular formula is C25H33N3O7S2. The van der Waals surface area contributed by atoms with E-state index in [4.69, 9.17) is 4.74 Å². The van der Waals surface area contributed by atoms with Gasteiger partial charge < -0.3 is 9.64 Å². The number of aliphatic imine (C=N–C) groups is 1. The van der Waals surface area contributed by atoms with Gasteiger partial charge in [-0.1, -0.05) is 26.0 Å². The van der Waals surface area contributed by atoms with E-state index in [-0.39, 0.29) is 58.2 Å². The van der Waals surface area contributed by atoms with E-state index >= 15 is 0 Å². The number of ether oxygens (including phenoxy) is 1. The molecule has 12 heteroatoms. The average molecular weight is 552 g/mol. The molecule has 1 aromatic carbocycles. The first kappa shape index (κ1) is 27.3. The van der Waals surface area contributed by atoms with Crippen LogP contribution in [0.5, 0.6) is 0 Å². The predicted molar refractivity (Wildman–Crippen MR) is 140 cm³/mol. The maximum atomic E-state index is 13.7. The quantitative estimate of drug-likeness (QED) is 0.367. The number of rotatable bonds is 9. The first-order chi connectivity index (χ1) is 17.3. The van der Waals surface area contributed by atoms with Gasteiger partial charge in [-0.3, -0.25) is 19.3 Å². The summed E-state index contributed by atoms with van der Waals surface area (Å²) in [6.07, 6.45) is 6.39. The van der Waals surface area contributed by atoms with E-state index in [0.29, 0.717) is 12.5 Å². The van der Waals surface area contributed by atoms with Gasteiger partial charge in [-0.2, -0.15) is 0 Å². The highest BCUT2D eigenvalue weighted by molar-refractivity contribution is 7.92. The zero-order valence-corrected chi connectivity index (χ0v) is 23.0. The lowest BCUT2D eigenvalue weighted by atomic mass is 9.87. The molecule has 3 aliphatic rings. The number of anilines is 1. The SMILES string of the molecule is COC(=O)C1C2C=CC(C2)C1N(CCC(C)C)C(=O)CC1=Nc2ccc(NS(C)(=O)=O)cc2S(=O)(=O)C1. The Bertz CT molecular complexity index is 1370. The van der Waals surface area contributed by atoms with Crippen LogP contribution >= 0.6 is 0 Å². The second-order valence-corrected chi connectivity index (χ2v) is 14.1. The number of esters is 1. The van der Waals surface area contributed by atoms with Gasteiger partial charge in [0.15, 0.2) is 9.84 Å². The zero-order valence-electron chi connectivity index (χ0n) is 21.4. The fourth-order valence-electron chi connectivity index (χ4n) is 5.51. The summed E-state index contributed by atoms with van der Waals surface area (Å²) in [6, 6.07) is 3.76. The van der Waals surface area contributed by atoms with E-state index in [0.717, 1.165) is 19.1 Å². The summed E-state index contributed by atoms with van der Waals surface area (Å²) in [5.41, 5.74) is 0.499. The highest BCUT2D eigenvalue weighted by Gasteiger charge is 2.52. The molecule has 10 nitrogen and oxygen atoms in total. The van der Waals surface area contributed by atoms with Gasteiger partial charge in [0.2, 0.25) is 15.9 Å². The Morgan fingerprint density at radius 3 is 2.57 bits per heavy atom. The number of amides is 1. The van der Waals surface area contributed by atoms with Crippen LogP contribution < -0.4 is 4.72 Å². The lowest BCUT2D eigenvalue weighted by Gasteiger charge is -2.37. The zero-order chi connectivity index (χ0) is 27.1. The number of carbonyl (C=O) groups excluding carboxylic acids is 2. The molecule has 0 radical (unpaired) electrons. The topological polar surface area (TPSA) is 139 Å². The van der Waals surface area contributed by atoms with Crippen LogP contribution in [-0.4, -0.2) is 71.0 Å². The summed E-state index contributed by atoms with van der Waals surface area (Å²) in [5.74, 6) is -1.11. The highest BCUT2D eigenvalue weighted by atomic mass is 32.2. The molecule has 37 heavy (non-hydrogen) atoms. The first-order valence-corrected chi connectivity index (χ1v) is 15.8. The van der Waals surface area contributed by atoms with Crippen molar-refractivity contribution in [3.8, 4) is 0 Å². The summed E-state index contributed by atoms with van der Waals surface area (Å²) < 4.78 is 56.5. The van der Waals surface area contributed by atoms with Crippen LogP contribution in [0.1, 0.15) is 33.1 Å². The molecule has 1 aromatic rings. The number of hydrogen-bond acceptors (Lipinski definition) is 8. The van der Waals surface area contributed by atoms with Crippen molar-refractivity contribution in [1.29, 1.82) is 0 Å². The summed E-state index contributed by atoms with van der Waals surface area (Å²) in [4.78, 5) is 32.4. The van der Waals surface area contributed by atoms with Crippen LogP contribution in [0.25, 0.3) is 0 Å². The van der Waals surface area contributed by atoms with Gasteiger partial charge in [0, 0.05) is 17.9 Å². The van der Waals surface area contributed by atoms with E-state index in [1.807, 2.05) is 6.08 Å². The third-order valence-corrected chi connectivity index (χ3v) is 9.42. The number of fused-ring (bicyclic) bond motifs is 3. The molecule has 1 amide bonds. The number of nitrogens with zero attached hydrogens (tertiary/aromatic N) is 2. The van der Waals surface area contributed by atoms with Crippen LogP contribution in [0.2, 0.25) is 0 Å². The third-order valence-electron chi connectivity index (χ3n) is 7.11. The molecule has 0 aromatic heterocycles. The van der Waals surface area contributed by atoms with Crippen molar-refractivity contribution in [3.63, 3.8) is 0 Å². The average Bonchev–Trinajstić information content (AvgIpc) is 3.40. The Hall–Kier alpha value is -2.73. The van der Waals surface area contributed by atoms with Gasteiger partial charge in [-0.05, 0) is 48.8 Å². The lowest BCUT2D eigenvalue weighted by molar-refractivity contribution is -0.150. The number of carbonyl (C=O) groups is 2. The van der Waals surface area contributed by atoms with Crippen molar-refractivity contribution in [2.24, 2.45) is 28.7 Å². The van der Waals surface area contributed by atoms with Gasteiger partial charge >= 0.3 is 5.97 Å². The van der Waals surface area contributed by atoms with Crippen molar-refractivity contribution in [2.75, 3.05) is 30.4 Å². The van der Waals surface area contributed by atoms with Gasteiger partial charge in [-0.25, -0.2) is 16.8 Å². The molecule has 4 rings (SSSR count). The van der Waals surface area contributed by atoms with Gasteiger partial charge in [0.05, 0.1) is 48.1 Å². The summed E-state index contributed by atoms with van der Waals surface area (Å²) in [7, 11) is -6.07. The molecule has 1 saturated carbocycles. The van der Waals surface area contributed by atoms with Gasteiger partial charge in [0.25, 0.3) is 0 Å². The van der Waals surface area contributed by atoms with Crippen LogP contribution in [0.4, 0.5) is 11.4 Å². The summed E-state index contributed by atoms with van der Waals surface area (Å²) in [6.45, 7) is 4.56. The molecule has 0 spiro atoms. The maximum Gasteiger partial charge on any atom is 0.311 e. The molecule has 4 atom stereocenters. The van der Waals surface area contributed by atoms with Crippen molar-refractivity contribution >= 4 is 48.8 Å². The van der Waals surface area contributed by atoms with Crippen LogP contribution in [0.15, 0.2) is 40.2 Å². The van der Waals surface area contributed by atoms with E-state index in [1.165, 1.54) is 25.3 Å². The number of methoxy groups -OCH3 is 1. The number of sulfone groups is 1. The Kier molecular flexibility index (Phi) is 7.53. The Labute approximate surface area is 218 Å². The highest BCUT2D eigenvalue weighted by Crippen LogP contribution is 2.47. The molecule has 1 fully saturated rings. The summed E-state index contributed by atoms with van der Waals surface area (Å²) >= 11 is 0. The molecule has 1 aliphatic heterocycles. The fraction of sp³-hybridized carbons (Fsp3) is 0.560. The molecule has 1 heterocycles. The number of benzene rings is 1. The smallest absolute Gasteiger partial charge is 0.311 e. The molecule has 1 N–H and O–H groups in total. The van der Waals surface area contributed by atoms with E-state index in [1.54, 1.807) is 4.90 Å².